The van der Waals surface area contributed by atoms with Crippen LogP contribution in [0.2, 0.25) is 0 Å². The van der Waals surface area contributed by atoms with Crippen LogP contribution in [0.1, 0.15) is 24.1 Å². The van der Waals surface area contributed by atoms with Crippen LogP contribution in [0, 0.1) is 0 Å². The van der Waals surface area contributed by atoms with Gasteiger partial charge in [-0.15, -0.1) is 5.10 Å². The van der Waals surface area contributed by atoms with E-state index in [0.717, 1.165) is 18.4 Å². The van der Waals surface area contributed by atoms with Crippen LogP contribution in [0.3, 0.4) is 0 Å². The Kier molecular flexibility index (Phi) is 4.87. The van der Waals surface area contributed by atoms with Crippen LogP contribution in [0.15, 0.2) is 48.8 Å². The van der Waals surface area contributed by atoms with Crippen molar-refractivity contribution >= 4 is 11.8 Å². The number of rotatable bonds is 7. The van der Waals surface area contributed by atoms with Gasteiger partial charge in [-0.2, -0.15) is 5.10 Å². The number of likely N-dealkylation sites (N-methyl/N-ethyl adjacent to an activating group) is 1. The number of hydrogen-bond donors (Lipinski definition) is 2. The number of amides is 2. The van der Waals surface area contributed by atoms with Crippen molar-refractivity contribution < 1.29 is 9.59 Å². The topological polar surface area (TPSA) is 107 Å². The van der Waals surface area contributed by atoms with Crippen LogP contribution < -0.4 is 10.6 Å². The molecule has 0 radical (unpaired) electrons. The third kappa shape index (κ3) is 3.75. The monoisotopic (exact) mass is 393 g/mol. The molecule has 2 N–H and O–H groups in total. The molecule has 0 bridgehead atoms. The molecule has 9 heteroatoms. The fourth-order valence-electron chi connectivity index (χ4n) is 3.45. The van der Waals surface area contributed by atoms with E-state index in [-0.39, 0.29) is 18.2 Å². The Bertz CT molecular complexity index is 1020. The molecule has 2 amide bonds. The lowest BCUT2D eigenvalue weighted by molar-refractivity contribution is -0.130. The molecule has 1 aromatic carbocycles. The summed E-state index contributed by atoms with van der Waals surface area (Å²) < 4.78 is 3.22. The number of carbonyl (C=O) groups is 2. The molecule has 29 heavy (non-hydrogen) atoms. The van der Waals surface area contributed by atoms with E-state index in [2.05, 4.69) is 26.0 Å². The lowest BCUT2D eigenvalue weighted by Crippen LogP contribution is -2.50. The van der Waals surface area contributed by atoms with Gasteiger partial charge in [-0.05, 0) is 18.4 Å². The number of nitrogens with one attached hydrogen (secondary N) is 2. The summed E-state index contributed by atoms with van der Waals surface area (Å²) in [6.45, 7) is 0. The summed E-state index contributed by atoms with van der Waals surface area (Å²) in [5.74, 6) is 0.233. The molecule has 1 fully saturated rings. The maximum Gasteiger partial charge on any atom is 0.242 e. The van der Waals surface area contributed by atoms with Crippen molar-refractivity contribution in [1.82, 2.24) is 35.4 Å². The minimum Gasteiger partial charge on any atom is -0.357 e. The Morgan fingerprint density at radius 1 is 1.21 bits per heavy atom. The van der Waals surface area contributed by atoms with E-state index < -0.39 is 11.5 Å². The summed E-state index contributed by atoms with van der Waals surface area (Å²) >= 11 is 0. The van der Waals surface area contributed by atoms with Gasteiger partial charge in [0.1, 0.15) is 6.04 Å². The molecule has 1 aliphatic rings. The largest absolute Gasteiger partial charge is 0.357 e. The van der Waals surface area contributed by atoms with Crippen LogP contribution in [-0.4, -0.2) is 49.7 Å². The molecule has 1 aliphatic carbocycles. The van der Waals surface area contributed by atoms with E-state index in [1.807, 2.05) is 49.6 Å². The number of nitrogens with zero attached hydrogens (tertiary/aromatic N) is 5. The highest BCUT2D eigenvalue weighted by atomic mass is 16.2. The van der Waals surface area contributed by atoms with Crippen molar-refractivity contribution in [3.05, 3.63) is 60.0 Å². The third-order valence-corrected chi connectivity index (χ3v) is 5.27. The lowest BCUT2D eigenvalue weighted by atomic mass is 9.94. The van der Waals surface area contributed by atoms with Gasteiger partial charge in [0.2, 0.25) is 11.8 Å². The van der Waals surface area contributed by atoms with Crippen molar-refractivity contribution in [3.8, 4) is 5.82 Å². The first-order valence-corrected chi connectivity index (χ1v) is 9.51. The van der Waals surface area contributed by atoms with Crippen LogP contribution in [0.25, 0.3) is 5.82 Å². The summed E-state index contributed by atoms with van der Waals surface area (Å²) in [6, 6.07) is 10.8. The molecule has 1 saturated carbocycles. The van der Waals surface area contributed by atoms with E-state index in [4.69, 9.17) is 0 Å². The SMILES string of the molecule is CNC(=O)C(Cc1cn(-c2ccn(C)n2)nn1)NC(=O)C1(c2ccccc2)CC1. The first-order chi connectivity index (χ1) is 14.0. The van der Waals surface area contributed by atoms with Crippen molar-refractivity contribution in [3.63, 3.8) is 0 Å². The van der Waals surface area contributed by atoms with E-state index in [0.29, 0.717) is 11.5 Å². The number of carbonyl (C=O) groups excluding carboxylic acids is 2. The quantitative estimate of drug-likeness (QED) is 0.608. The predicted molar refractivity (Wildman–Crippen MR) is 105 cm³/mol. The smallest absolute Gasteiger partial charge is 0.242 e. The highest BCUT2D eigenvalue weighted by Crippen LogP contribution is 2.48. The summed E-state index contributed by atoms with van der Waals surface area (Å²) in [5, 5.41) is 18.0. The Morgan fingerprint density at radius 3 is 2.59 bits per heavy atom. The van der Waals surface area contributed by atoms with Gasteiger partial charge in [0.15, 0.2) is 5.82 Å². The molecule has 1 atom stereocenters. The summed E-state index contributed by atoms with van der Waals surface area (Å²) in [4.78, 5) is 25.5. The first kappa shape index (κ1) is 18.9. The summed E-state index contributed by atoms with van der Waals surface area (Å²) in [7, 11) is 3.37. The molecule has 4 rings (SSSR count). The number of hydrogen-bond acceptors (Lipinski definition) is 5. The Labute approximate surface area is 168 Å². The van der Waals surface area contributed by atoms with Crippen LogP contribution in [-0.2, 0) is 28.5 Å². The second-order valence-electron chi connectivity index (χ2n) is 7.29. The van der Waals surface area contributed by atoms with E-state index >= 15 is 0 Å². The van der Waals surface area contributed by atoms with Gasteiger partial charge in [0, 0.05) is 32.8 Å². The highest BCUT2D eigenvalue weighted by Gasteiger charge is 2.51. The predicted octanol–water partition coefficient (Wildman–Crippen LogP) is 0.506. The van der Waals surface area contributed by atoms with Gasteiger partial charge in [-0.1, -0.05) is 35.5 Å². The van der Waals surface area contributed by atoms with Crippen LogP contribution >= 0.6 is 0 Å². The molecule has 0 saturated heterocycles. The molecular formula is C20H23N7O2. The van der Waals surface area contributed by atoms with Gasteiger partial charge in [0.25, 0.3) is 0 Å². The van der Waals surface area contributed by atoms with Gasteiger partial charge >= 0.3 is 0 Å². The van der Waals surface area contributed by atoms with Crippen molar-refractivity contribution in [1.29, 1.82) is 0 Å². The highest BCUT2D eigenvalue weighted by molar-refractivity contribution is 5.95. The molecule has 0 spiro atoms. The van der Waals surface area contributed by atoms with E-state index in [9.17, 15) is 9.59 Å². The standard InChI is InChI=1S/C20H23N7O2/c1-21-18(28)16(12-15-13-27(25-23-15)17-8-11-26(2)24-17)22-19(29)20(9-10-20)14-6-4-3-5-7-14/h3-8,11,13,16H,9-10,12H2,1-2H3,(H,21,28)(H,22,29). The number of benzene rings is 1. The molecule has 9 nitrogen and oxygen atoms in total. The third-order valence-electron chi connectivity index (χ3n) is 5.27. The minimum absolute atomic E-state index is 0.130. The van der Waals surface area contributed by atoms with Crippen LogP contribution in [0.5, 0.6) is 0 Å². The minimum atomic E-state index is -0.734. The summed E-state index contributed by atoms with van der Waals surface area (Å²) in [5.41, 5.74) is 1.03. The van der Waals surface area contributed by atoms with Crippen LogP contribution in [0.4, 0.5) is 0 Å². The zero-order chi connectivity index (χ0) is 20.4. The molecule has 2 aromatic heterocycles. The molecule has 2 heterocycles. The van der Waals surface area contributed by atoms with E-state index in [1.165, 1.54) is 0 Å². The maximum absolute atomic E-state index is 13.0. The normalized spacial score (nSPS) is 15.5. The van der Waals surface area contributed by atoms with Gasteiger partial charge in [0.05, 0.1) is 17.3 Å². The summed E-state index contributed by atoms with van der Waals surface area (Å²) in [6.07, 6.45) is 5.32. The van der Waals surface area contributed by atoms with Gasteiger partial charge < -0.3 is 10.6 Å². The zero-order valence-corrected chi connectivity index (χ0v) is 16.4. The van der Waals surface area contributed by atoms with E-state index in [1.54, 1.807) is 22.6 Å². The average molecular weight is 393 g/mol. The zero-order valence-electron chi connectivity index (χ0n) is 16.4. The second kappa shape index (κ2) is 7.50. The molecule has 0 aliphatic heterocycles. The molecular weight excluding hydrogens is 370 g/mol. The fraction of sp³-hybridized carbons (Fsp3) is 0.350. The Balaban J connectivity index is 1.50. The molecule has 3 aromatic rings. The molecule has 150 valence electrons. The van der Waals surface area contributed by atoms with Gasteiger partial charge in [-0.3, -0.25) is 14.3 Å². The van der Waals surface area contributed by atoms with Crippen molar-refractivity contribution in [2.45, 2.75) is 30.7 Å². The first-order valence-electron chi connectivity index (χ1n) is 9.51. The fourth-order valence-corrected chi connectivity index (χ4v) is 3.45. The number of aromatic nitrogens is 5. The van der Waals surface area contributed by atoms with Gasteiger partial charge in [-0.25, -0.2) is 4.68 Å². The Morgan fingerprint density at radius 2 is 1.97 bits per heavy atom. The number of aryl methyl sites for hydroxylation is 1. The van der Waals surface area contributed by atoms with Crippen molar-refractivity contribution in [2.24, 2.45) is 7.05 Å². The maximum atomic E-state index is 13.0. The molecule has 1 unspecified atom stereocenters. The second-order valence-corrected chi connectivity index (χ2v) is 7.29. The van der Waals surface area contributed by atoms with Crippen molar-refractivity contribution in [2.75, 3.05) is 7.05 Å². The lowest BCUT2D eigenvalue weighted by Gasteiger charge is -2.21. The average Bonchev–Trinajstić information content (AvgIpc) is 3.24. The Hall–Kier alpha value is -3.49.